The van der Waals surface area contributed by atoms with Gasteiger partial charge in [0, 0.05) is 0 Å². The molecule has 1 unspecified atom stereocenters. The molecule has 0 radical (unpaired) electrons. The van der Waals surface area contributed by atoms with E-state index in [-0.39, 0.29) is 12.1 Å². The first-order valence-corrected chi connectivity index (χ1v) is 7.68. The van der Waals surface area contributed by atoms with Gasteiger partial charge in [0.2, 0.25) is 0 Å². The molecule has 0 spiro atoms. The molecule has 1 saturated carbocycles. The molecule has 5 heteroatoms. The summed E-state index contributed by atoms with van der Waals surface area (Å²) in [5, 5.41) is 3.30. The van der Waals surface area contributed by atoms with E-state index in [2.05, 4.69) is 5.32 Å². The Morgan fingerprint density at radius 2 is 2.00 bits per heavy atom. The highest BCUT2D eigenvalue weighted by Gasteiger charge is 2.51. The molecule has 0 saturated heterocycles. The second-order valence-corrected chi connectivity index (χ2v) is 5.47. The third-order valence-corrected chi connectivity index (χ3v) is 3.41. The first kappa shape index (κ1) is 17.4. The van der Waals surface area contributed by atoms with Gasteiger partial charge in [-0.3, -0.25) is 5.32 Å². The summed E-state index contributed by atoms with van der Waals surface area (Å²) in [6.07, 6.45) is 2.31. The minimum Gasteiger partial charge on any atom is -0.465 e. The zero-order valence-electron chi connectivity index (χ0n) is 13.2. The van der Waals surface area contributed by atoms with Crippen molar-refractivity contribution >= 4 is 5.97 Å². The van der Waals surface area contributed by atoms with Gasteiger partial charge in [-0.2, -0.15) is 0 Å². The summed E-state index contributed by atoms with van der Waals surface area (Å²) in [4.78, 5) is 12.3. The molecule has 0 aliphatic heterocycles. The van der Waals surface area contributed by atoms with Crippen molar-refractivity contribution in [2.45, 2.75) is 52.2 Å². The summed E-state index contributed by atoms with van der Waals surface area (Å²) in [6.45, 7) is 10.3. The van der Waals surface area contributed by atoms with Gasteiger partial charge in [-0.1, -0.05) is 6.92 Å². The van der Waals surface area contributed by atoms with Crippen LogP contribution < -0.4 is 5.32 Å². The van der Waals surface area contributed by atoms with E-state index in [0.29, 0.717) is 32.3 Å². The van der Waals surface area contributed by atoms with Crippen molar-refractivity contribution < 1.29 is 19.0 Å². The smallest absolute Gasteiger partial charge is 0.329 e. The quantitative estimate of drug-likeness (QED) is 0.463. The van der Waals surface area contributed by atoms with Crippen LogP contribution in [0.3, 0.4) is 0 Å². The summed E-state index contributed by atoms with van der Waals surface area (Å²) >= 11 is 0. The van der Waals surface area contributed by atoms with Gasteiger partial charge in [-0.15, -0.1) is 0 Å². The predicted octanol–water partition coefficient (Wildman–Crippen LogP) is 1.75. The maximum Gasteiger partial charge on any atom is 0.329 e. The zero-order chi connectivity index (χ0) is 15.0. The van der Waals surface area contributed by atoms with Crippen molar-refractivity contribution in [2.75, 3.05) is 33.0 Å². The molecule has 0 bridgehead atoms. The second kappa shape index (κ2) is 8.60. The van der Waals surface area contributed by atoms with Gasteiger partial charge in [0.15, 0.2) is 0 Å². The lowest BCUT2D eigenvalue weighted by Crippen LogP contribution is -2.58. The minimum absolute atomic E-state index is 0.186. The van der Waals surface area contributed by atoms with Gasteiger partial charge in [0.05, 0.1) is 32.5 Å². The van der Waals surface area contributed by atoms with E-state index in [0.717, 1.165) is 19.4 Å². The minimum atomic E-state index is -0.678. The molecule has 1 aliphatic carbocycles. The van der Waals surface area contributed by atoms with E-state index in [1.807, 2.05) is 27.7 Å². The van der Waals surface area contributed by atoms with Gasteiger partial charge in [-0.25, -0.2) is 4.79 Å². The van der Waals surface area contributed by atoms with Gasteiger partial charge >= 0.3 is 5.97 Å². The van der Waals surface area contributed by atoms with Crippen LogP contribution in [0.5, 0.6) is 0 Å². The van der Waals surface area contributed by atoms with Gasteiger partial charge < -0.3 is 14.2 Å². The number of esters is 1. The van der Waals surface area contributed by atoms with E-state index >= 15 is 0 Å². The normalized spacial score (nSPS) is 18.1. The summed E-state index contributed by atoms with van der Waals surface area (Å²) in [5.74, 6) is 0.140. The maximum atomic E-state index is 12.3. The Morgan fingerprint density at radius 3 is 2.50 bits per heavy atom. The van der Waals surface area contributed by atoms with Crippen LogP contribution in [0.1, 0.15) is 40.5 Å². The molecule has 0 aromatic carbocycles. The maximum absolute atomic E-state index is 12.3. The lowest BCUT2D eigenvalue weighted by Gasteiger charge is -2.32. The number of carbonyl (C=O) groups is 1. The standard InChI is InChI=1S/C15H29NO4/c1-5-16-15(13-7-8-13,14(17)19-6-2)11-18-9-10-20-12(3)4/h12-13,16H,5-11H2,1-4H3. The summed E-state index contributed by atoms with van der Waals surface area (Å²) in [6, 6.07) is 0. The van der Waals surface area contributed by atoms with E-state index in [4.69, 9.17) is 14.2 Å². The lowest BCUT2D eigenvalue weighted by molar-refractivity contribution is -0.156. The molecule has 1 fully saturated rings. The second-order valence-electron chi connectivity index (χ2n) is 5.47. The molecule has 118 valence electrons. The number of nitrogens with one attached hydrogen (secondary N) is 1. The number of hydrogen-bond acceptors (Lipinski definition) is 5. The Morgan fingerprint density at radius 1 is 1.30 bits per heavy atom. The molecule has 0 amide bonds. The zero-order valence-corrected chi connectivity index (χ0v) is 13.2. The van der Waals surface area contributed by atoms with Crippen molar-refractivity contribution in [3.05, 3.63) is 0 Å². The summed E-state index contributed by atoms with van der Waals surface area (Å²) < 4.78 is 16.4. The van der Waals surface area contributed by atoms with Gasteiger partial charge in [-0.05, 0) is 46.1 Å². The van der Waals surface area contributed by atoms with Crippen molar-refractivity contribution in [2.24, 2.45) is 5.92 Å². The fourth-order valence-corrected chi connectivity index (χ4v) is 2.34. The molecule has 1 N–H and O–H groups in total. The molecule has 5 nitrogen and oxygen atoms in total. The number of carbonyl (C=O) groups excluding carboxylic acids is 1. The van der Waals surface area contributed by atoms with Crippen LogP contribution >= 0.6 is 0 Å². The third-order valence-electron chi connectivity index (χ3n) is 3.41. The molecular weight excluding hydrogens is 258 g/mol. The number of ether oxygens (including phenoxy) is 3. The van der Waals surface area contributed by atoms with E-state index in [9.17, 15) is 4.79 Å². The molecular formula is C15H29NO4. The molecule has 0 aromatic rings. The topological polar surface area (TPSA) is 56.8 Å². The van der Waals surface area contributed by atoms with E-state index in [1.54, 1.807) is 0 Å². The Labute approximate surface area is 122 Å². The molecule has 1 aliphatic rings. The molecule has 1 atom stereocenters. The van der Waals surface area contributed by atoms with Gasteiger partial charge in [0.1, 0.15) is 5.54 Å². The highest BCUT2D eigenvalue weighted by atomic mass is 16.5. The van der Waals surface area contributed by atoms with Crippen LogP contribution in [0.4, 0.5) is 0 Å². The number of hydrogen-bond donors (Lipinski definition) is 1. The highest BCUT2D eigenvalue weighted by molar-refractivity contribution is 5.82. The average molecular weight is 287 g/mol. The van der Waals surface area contributed by atoms with E-state index in [1.165, 1.54) is 0 Å². The molecule has 0 heterocycles. The van der Waals surface area contributed by atoms with Crippen LogP contribution in [0.15, 0.2) is 0 Å². The van der Waals surface area contributed by atoms with Crippen molar-refractivity contribution in [3.63, 3.8) is 0 Å². The van der Waals surface area contributed by atoms with Crippen LogP contribution in [-0.4, -0.2) is 50.6 Å². The molecule has 20 heavy (non-hydrogen) atoms. The monoisotopic (exact) mass is 287 g/mol. The summed E-state index contributed by atoms with van der Waals surface area (Å²) in [5.41, 5.74) is -0.678. The first-order valence-electron chi connectivity index (χ1n) is 7.68. The third kappa shape index (κ3) is 5.04. The van der Waals surface area contributed by atoms with E-state index < -0.39 is 5.54 Å². The molecule has 0 aromatic heterocycles. The Bertz CT molecular complexity index is 292. The predicted molar refractivity (Wildman–Crippen MR) is 77.7 cm³/mol. The van der Waals surface area contributed by atoms with Crippen molar-refractivity contribution in [3.8, 4) is 0 Å². The highest BCUT2D eigenvalue weighted by Crippen LogP contribution is 2.40. The van der Waals surface area contributed by atoms with Crippen molar-refractivity contribution in [1.29, 1.82) is 0 Å². The fourth-order valence-electron chi connectivity index (χ4n) is 2.34. The fraction of sp³-hybridized carbons (Fsp3) is 0.933. The summed E-state index contributed by atoms with van der Waals surface area (Å²) in [7, 11) is 0. The Kier molecular flexibility index (Phi) is 7.48. The lowest BCUT2D eigenvalue weighted by atomic mass is 9.94. The van der Waals surface area contributed by atoms with Crippen LogP contribution in [-0.2, 0) is 19.0 Å². The number of likely N-dealkylation sites (N-methyl/N-ethyl adjacent to an activating group) is 1. The Balaban J connectivity index is 2.51. The van der Waals surface area contributed by atoms with Crippen LogP contribution in [0.2, 0.25) is 0 Å². The first-order chi connectivity index (χ1) is 9.56. The molecule has 1 rings (SSSR count). The van der Waals surface area contributed by atoms with Crippen molar-refractivity contribution in [1.82, 2.24) is 5.32 Å². The Hall–Kier alpha value is -0.650. The average Bonchev–Trinajstić information content (AvgIpc) is 3.21. The van der Waals surface area contributed by atoms with Crippen LogP contribution in [0.25, 0.3) is 0 Å². The van der Waals surface area contributed by atoms with Gasteiger partial charge in [0.25, 0.3) is 0 Å². The van der Waals surface area contributed by atoms with Crippen LogP contribution in [0, 0.1) is 5.92 Å². The largest absolute Gasteiger partial charge is 0.465 e. The number of rotatable bonds is 11. The SMILES string of the molecule is CCNC(COCCOC(C)C)(C(=O)OCC)C1CC1.